The van der Waals surface area contributed by atoms with Crippen molar-refractivity contribution in [2.24, 2.45) is 17.3 Å². The highest BCUT2D eigenvalue weighted by Gasteiger charge is 2.70. The Morgan fingerprint density at radius 2 is 1.45 bits per heavy atom. The van der Waals surface area contributed by atoms with E-state index in [2.05, 4.69) is 13.2 Å². The highest BCUT2D eigenvalue weighted by atomic mass is 35.5. The van der Waals surface area contributed by atoms with Gasteiger partial charge in [-0.15, -0.1) is 11.6 Å². The Morgan fingerprint density at radius 3 is 1.98 bits per heavy atom. The van der Waals surface area contributed by atoms with E-state index in [0.29, 0.717) is 11.1 Å². The Kier molecular flexibility index (Phi) is 9.10. The summed E-state index contributed by atoms with van der Waals surface area (Å²) < 4.78 is 28.6. The van der Waals surface area contributed by atoms with Crippen LogP contribution in [0.5, 0.6) is 0 Å². The average Bonchev–Trinajstić information content (AvgIpc) is 3.06. The summed E-state index contributed by atoms with van der Waals surface area (Å²) in [6.07, 6.45) is -6.07. The number of aliphatic hydroxyl groups is 1. The molecule has 0 radical (unpaired) electrons. The van der Waals surface area contributed by atoms with Gasteiger partial charge in [0, 0.05) is 40.0 Å². The second-order valence-corrected chi connectivity index (χ2v) is 11.5. The number of hydrogen-bond acceptors (Lipinski definition) is 11. The van der Waals surface area contributed by atoms with E-state index < -0.39 is 88.6 Å². The van der Waals surface area contributed by atoms with Gasteiger partial charge < -0.3 is 28.8 Å². The summed E-state index contributed by atoms with van der Waals surface area (Å²) in [7, 11) is 0. The minimum atomic E-state index is -2.21. The summed E-state index contributed by atoms with van der Waals surface area (Å²) in [6.45, 7) is 16.0. The standard InChI is InChI=1S/C28H37ClO11/c1-12-9-10-20(37-16(5)31)27(8)21(13(2)11-19(36-15(4)30)23(27)38-17(6)32)24(39-18(7)33)28(35)14(3)26(34)40-25(28)22(12)29/h14,19-25,35H,1-2,9-11H2,3-8H3/t14-,19-,20-,21+,22-,23-,24?,25-,27+,28-/m0/s1. The zero-order valence-electron chi connectivity index (χ0n) is 23.6. The molecule has 2 aliphatic carbocycles. The molecule has 2 saturated carbocycles. The minimum Gasteiger partial charge on any atom is -0.462 e. The lowest BCUT2D eigenvalue weighted by atomic mass is 9.54. The zero-order valence-corrected chi connectivity index (χ0v) is 24.3. The molecule has 11 nitrogen and oxygen atoms in total. The van der Waals surface area contributed by atoms with Gasteiger partial charge in [0.15, 0.2) is 11.7 Å². The molecule has 1 heterocycles. The fraction of sp³-hybridized carbons (Fsp3) is 0.679. The van der Waals surface area contributed by atoms with E-state index in [1.807, 2.05) is 0 Å². The van der Waals surface area contributed by atoms with Gasteiger partial charge in [0.1, 0.15) is 24.4 Å². The molecule has 0 aromatic rings. The number of halogens is 1. The van der Waals surface area contributed by atoms with Crippen LogP contribution in [0.2, 0.25) is 0 Å². The molecule has 1 unspecified atom stereocenters. The van der Waals surface area contributed by atoms with Crippen LogP contribution in [0.1, 0.15) is 60.8 Å². The SMILES string of the molecule is C=C1C[C@H](OC(C)=O)[C@H](OC(C)=O)[C@]2(C)[C@@H](OC(C)=O)CCC(=C)[C@H](Cl)[C@@H]3OC(=O)[C@H](C)[C@]3(O)C(OC(C)=O)[C@@H]12. The van der Waals surface area contributed by atoms with Crippen LogP contribution in [0.25, 0.3) is 0 Å². The molecule has 40 heavy (non-hydrogen) atoms. The van der Waals surface area contributed by atoms with Crippen molar-refractivity contribution in [1.29, 1.82) is 0 Å². The predicted octanol–water partition coefficient (Wildman–Crippen LogP) is 2.55. The van der Waals surface area contributed by atoms with Crippen LogP contribution in [0.15, 0.2) is 24.3 Å². The minimum absolute atomic E-state index is 0.0523. The van der Waals surface area contributed by atoms with Crippen LogP contribution in [0.4, 0.5) is 0 Å². The number of alkyl halides is 1. The molecule has 3 rings (SSSR count). The first-order chi connectivity index (χ1) is 18.5. The Bertz CT molecular complexity index is 1120. The van der Waals surface area contributed by atoms with Gasteiger partial charge in [0.25, 0.3) is 0 Å². The van der Waals surface area contributed by atoms with Crippen molar-refractivity contribution in [3.63, 3.8) is 0 Å². The molecule has 1 N–H and O–H groups in total. The third-order valence-corrected chi connectivity index (χ3v) is 8.85. The lowest BCUT2D eigenvalue weighted by Gasteiger charge is -2.57. The first-order valence-electron chi connectivity index (χ1n) is 13.1. The second kappa shape index (κ2) is 11.5. The van der Waals surface area contributed by atoms with Crippen molar-refractivity contribution in [2.45, 2.75) is 102 Å². The van der Waals surface area contributed by atoms with E-state index in [-0.39, 0.29) is 19.3 Å². The van der Waals surface area contributed by atoms with E-state index in [9.17, 15) is 29.1 Å². The van der Waals surface area contributed by atoms with Crippen LogP contribution >= 0.6 is 11.6 Å². The molecule has 12 heteroatoms. The van der Waals surface area contributed by atoms with Crippen molar-refractivity contribution < 1.29 is 52.8 Å². The number of carbonyl (C=O) groups is 5. The lowest BCUT2D eigenvalue weighted by molar-refractivity contribution is -0.237. The van der Waals surface area contributed by atoms with Crippen LogP contribution < -0.4 is 0 Å². The number of hydrogen-bond donors (Lipinski definition) is 1. The molecule has 1 aliphatic heterocycles. The zero-order chi connectivity index (χ0) is 30.3. The van der Waals surface area contributed by atoms with Crippen molar-refractivity contribution in [3.05, 3.63) is 24.3 Å². The number of ether oxygens (including phenoxy) is 5. The second-order valence-electron chi connectivity index (χ2n) is 11.1. The summed E-state index contributed by atoms with van der Waals surface area (Å²) >= 11 is 6.74. The van der Waals surface area contributed by atoms with Gasteiger partial charge in [-0.2, -0.15) is 0 Å². The van der Waals surface area contributed by atoms with Gasteiger partial charge in [-0.25, -0.2) is 0 Å². The quantitative estimate of drug-likeness (QED) is 0.224. The summed E-state index contributed by atoms with van der Waals surface area (Å²) in [4.78, 5) is 62.4. The normalized spacial score (nSPS) is 39.6. The highest BCUT2D eigenvalue weighted by Crippen LogP contribution is 2.57. The highest BCUT2D eigenvalue weighted by molar-refractivity contribution is 6.23. The average molecular weight is 585 g/mol. The number of esters is 5. The fourth-order valence-corrected chi connectivity index (χ4v) is 6.93. The first-order valence-corrected chi connectivity index (χ1v) is 13.5. The third kappa shape index (κ3) is 5.50. The molecule has 0 aromatic heterocycles. The predicted molar refractivity (Wildman–Crippen MR) is 140 cm³/mol. The summed E-state index contributed by atoms with van der Waals surface area (Å²) in [5, 5.41) is 11.3. The number of carbonyl (C=O) groups excluding carboxylic acids is 5. The maximum absolute atomic E-state index is 12.9. The van der Waals surface area contributed by atoms with Gasteiger partial charge in [-0.1, -0.05) is 31.2 Å². The van der Waals surface area contributed by atoms with E-state index >= 15 is 0 Å². The summed E-state index contributed by atoms with van der Waals surface area (Å²) in [5.74, 6) is -5.92. The fourth-order valence-electron chi connectivity index (χ4n) is 6.56. The molecule has 1 saturated heterocycles. The number of rotatable bonds is 4. The van der Waals surface area contributed by atoms with Crippen LogP contribution in [-0.2, 0) is 47.7 Å². The van der Waals surface area contributed by atoms with Crippen LogP contribution in [0, 0.1) is 17.3 Å². The molecular weight excluding hydrogens is 548 g/mol. The van der Waals surface area contributed by atoms with Crippen LogP contribution in [-0.4, -0.2) is 76.5 Å². The smallest absolute Gasteiger partial charge is 0.312 e. The molecule has 10 atom stereocenters. The Morgan fingerprint density at radius 1 is 0.925 bits per heavy atom. The first kappa shape index (κ1) is 31.6. The van der Waals surface area contributed by atoms with E-state index in [1.165, 1.54) is 27.7 Å². The van der Waals surface area contributed by atoms with Crippen molar-refractivity contribution >= 4 is 41.4 Å². The van der Waals surface area contributed by atoms with Gasteiger partial charge in [0.05, 0.1) is 16.7 Å². The molecule has 0 amide bonds. The Balaban J connectivity index is 2.41. The van der Waals surface area contributed by atoms with Crippen molar-refractivity contribution in [2.75, 3.05) is 0 Å². The third-order valence-electron chi connectivity index (χ3n) is 8.32. The monoisotopic (exact) mass is 584 g/mol. The molecule has 0 spiro atoms. The van der Waals surface area contributed by atoms with Gasteiger partial charge in [-0.05, 0) is 19.8 Å². The maximum Gasteiger partial charge on any atom is 0.312 e. The van der Waals surface area contributed by atoms with Crippen molar-refractivity contribution in [3.8, 4) is 0 Å². The van der Waals surface area contributed by atoms with E-state index in [0.717, 1.165) is 6.92 Å². The van der Waals surface area contributed by atoms with E-state index in [1.54, 1.807) is 6.92 Å². The Labute approximate surface area is 238 Å². The Hall–Kier alpha value is -2.92. The van der Waals surface area contributed by atoms with Gasteiger partial charge in [-0.3, -0.25) is 24.0 Å². The molecule has 222 valence electrons. The van der Waals surface area contributed by atoms with Crippen molar-refractivity contribution in [1.82, 2.24) is 0 Å². The topological polar surface area (TPSA) is 152 Å². The maximum atomic E-state index is 12.9. The molecule has 0 bridgehead atoms. The molecule has 3 aliphatic rings. The lowest BCUT2D eigenvalue weighted by Crippen LogP contribution is -2.69. The molecule has 0 aromatic carbocycles. The summed E-state index contributed by atoms with van der Waals surface area (Å²) in [5.41, 5.74) is -3.02. The molecular formula is C28H37ClO11. The van der Waals surface area contributed by atoms with Gasteiger partial charge >= 0.3 is 29.8 Å². The molecule has 3 fully saturated rings. The largest absolute Gasteiger partial charge is 0.462 e. The van der Waals surface area contributed by atoms with E-state index in [4.69, 9.17) is 35.3 Å². The number of fused-ring (bicyclic) bond motifs is 2. The van der Waals surface area contributed by atoms with Gasteiger partial charge in [0.2, 0.25) is 0 Å². The summed E-state index contributed by atoms with van der Waals surface area (Å²) in [6, 6.07) is 0. The van der Waals surface area contributed by atoms with Crippen LogP contribution in [0.3, 0.4) is 0 Å².